The van der Waals surface area contributed by atoms with Gasteiger partial charge in [-0.3, -0.25) is 4.39 Å². The number of alkyl halides is 1. The molecule has 4 aromatic carbocycles. The molecule has 1 aliphatic heterocycles. The minimum absolute atomic E-state index is 0.246. The van der Waals surface area contributed by atoms with Crippen LogP contribution in [0.4, 0.5) is 8.78 Å². The van der Waals surface area contributed by atoms with E-state index in [1.165, 1.54) is 21.2 Å². The third-order valence-corrected chi connectivity index (χ3v) is 11.6. The highest BCUT2D eigenvalue weighted by Crippen LogP contribution is 2.43. The van der Waals surface area contributed by atoms with Gasteiger partial charge in [0.15, 0.2) is 0 Å². The van der Waals surface area contributed by atoms with Crippen molar-refractivity contribution >= 4 is 32.1 Å². The quantitative estimate of drug-likeness (QED) is 0.160. The van der Waals surface area contributed by atoms with Crippen LogP contribution in [0.5, 0.6) is 0 Å². The molecule has 47 heavy (non-hydrogen) atoms. The molecule has 0 spiro atoms. The van der Waals surface area contributed by atoms with Crippen LogP contribution in [0.3, 0.4) is 0 Å². The van der Waals surface area contributed by atoms with E-state index in [9.17, 15) is 17.2 Å². The molecule has 1 aliphatic carbocycles. The summed E-state index contributed by atoms with van der Waals surface area (Å²) in [6.07, 6.45) is 5.78. The zero-order chi connectivity index (χ0) is 32.7. The van der Waals surface area contributed by atoms with Crippen LogP contribution >= 0.6 is 0 Å². The molecule has 1 saturated heterocycles. The highest BCUT2D eigenvalue weighted by molar-refractivity contribution is 7.90. The van der Waals surface area contributed by atoms with Gasteiger partial charge in [-0.15, -0.1) is 0 Å². The number of halogens is 2. The Morgan fingerprint density at radius 2 is 1.60 bits per heavy atom. The first-order valence-electron chi connectivity index (χ1n) is 16.6. The maximum absolute atomic E-state index is 14.3. The maximum Gasteiger partial charge on any atom is 0.268 e. The largest absolute Gasteiger partial charge is 0.303 e. The van der Waals surface area contributed by atoms with Gasteiger partial charge in [0.1, 0.15) is 5.82 Å². The standard InChI is InChI=1S/C40H40F2N2O2S/c1-27-7-14-33(15-8-27)47(45,46)44-22-19-36-35-5-3-6-37(34-16-13-32(42)23-28(34)2)40(38(35)17-18-39(36)44)31-11-9-29(10-12-31)24-30-25-43(26-30)21-4-20-41/h7-19,22-23,30H,3-6,20-21,24-26H2,1-2H3. The molecule has 2 heterocycles. The highest BCUT2D eigenvalue weighted by Gasteiger charge is 2.28. The van der Waals surface area contributed by atoms with E-state index >= 15 is 0 Å². The maximum atomic E-state index is 14.3. The van der Waals surface area contributed by atoms with E-state index in [2.05, 4.69) is 35.2 Å². The van der Waals surface area contributed by atoms with Crippen molar-refractivity contribution in [2.24, 2.45) is 5.92 Å². The summed E-state index contributed by atoms with van der Waals surface area (Å²) in [5, 5.41) is 0.937. The van der Waals surface area contributed by atoms with E-state index in [4.69, 9.17) is 0 Å². The molecule has 7 rings (SSSR count). The van der Waals surface area contributed by atoms with Crippen LogP contribution in [0.2, 0.25) is 0 Å². The van der Waals surface area contributed by atoms with Gasteiger partial charge in [0, 0.05) is 31.2 Å². The summed E-state index contributed by atoms with van der Waals surface area (Å²) in [6.45, 7) is 6.51. The number of aryl methyl sites for hydroxylation is 3. The van der Waals surface area contributed by atoms with Crippen molar-refractivity contribution in [3.05, 3.63) is 136 Å². The second-order valence-corrected chi connectivity index (χ2v) is 15.0. The molecule has 4 nitrogen and oxygen atoms in total. The number of aromatic nitrogens is 1. The Kier molecular flexibility index (Phi) is 8.62. The van der Waals surface area contributed by atoms with Crippen molar-refractivity contribution in [3.8, 4) is 0 Å². The monoisotopic (exact) mass is 650 g/mol. The van der Waals surface area contributed by atoms with Gasteiger partial charge < -0.3 is 4.90 Å². The zero-order valence-electron chi connectivity index (χ0n) is 27.0. The van der Waals surface area contributed by atoms with Crippen LogP contribution in [0.15, 0.2) is 96.0 Å². The summed E-state index contributed by atoms with van der Waals surface area (Å²) in [5.41, 5.74) is 10.5. The number of nitrogens with zero attached hydrogens (tertiary/aromatic N) is 2. The van der Waals surface area contributed by atoms with Gasteiger partial charge in [0.2, 0.25) is 0 Å². The lowest BCUT2D eigenvalue weighted by Crippen LogP contribution is -2.47. The Bertz CT molecular complexity index is 2070. The van der Waals surface area contributed by atoms with Crippen LogP contribution < -0.4 is 0 Å². The summed E-state index contributed by atoms with van der Waals surface area (Å²) < 4.78 is 55.7. The lowest BCUT2D eigenvalue weighted by molar-refractivity contribution is 0.0968. The molecule has 0 N–H and O–H groups in total. The number of hydrogen-bond donors (Lipinski definition) is 0. The number of allylic oxidation sites excluding steroid dienone is 1. The van der Waals surface area contributed by atoms with Crippen LogP contribution in [0.25, 0.3) is 22.0 Å². The second kappa shape index (κ2) is 12.9. The van der Waals surface area contributed by atoms with Crippen LogP contribution in [0, 0.1) is 25.6 Å². The van der Waals surface area contributed by atoms with Crippen molar-refractivity contribution in [1.29, 1.82) is 0 Å². The van der Waals surface area contributed by atoms with Gasteiger partial charge in [-0.25, -0.2) is 16.8 Å². The van der Waals surface area contributed by atoms with Crippen molar-refractivity contribution in [2.75, 3.05) is 26.3 Å². The molecule has 1 fully saturated rings. The molecule has 242 valence electrons. The first kappa shape index (κ1) is 31.5. The van der Waals surface area contributed by atoms with E-state index in [-0.39, 0.29) is 17.4 Å². The molecule has 1 aromatic heterocycles. The molecule has 0 saturated carbocycles. The lowest BCUT2D eigenvalue weighted by atomic mass is 9.85. The van der Waals surface area contributed by atoms with Crippen molar-refractivity contribution in [1.82, 2.24) is 8.87 Å². The molecule has 2 aliphatic rings. The summed E-state index contributed by atoms with van der Waals surface area (Å²) in [4.78, 5) is 2.59. The third-order valence-electron chi connectivity index (χ3n) is 9.87. The lowest BCUT2D eigenvalue weighted by Gasteiger charge is -2.39. The predicted octanol–water partition coefficient (Wildman–Crippen LogP) is 8.76. The van der Waals surface area contributed by atoms with Crippen molar-refractivity contribution < 1.29 is 17.2 Å². The van der Waals surface area contributed by atoms with Gasteiger partial charge in [-0.05, 0) is 133 Å². The third kappa shape index (κ3) is 6.07. The predicted molar refractivity (Wildman–Crippen MR) is 186 cm³/mol. The molecule has 0 unspecified atom stereocenters. The molecule has 0 atom stereocenters. The first-order chi connectivity index (χ1) is 22.7. The van der Waals surface area contributed by atoms with Gasteiger partial charge in [-0.1, -0.05) is 54.1 Å². The Labute approximate surface area is 276 Å². The smallest absolute Gasteiger partial charge is 0.268 e. The minimum Gasteiger partial charge on any atom is -0.303 e. The van der Waals surface area contributed by atoms with Gasteiger partial charge in [-0.2, -0.15) is 0 Å². The normalized spacial score (nSPS) is 15.9. The molecule has 0 bridgehead atoms. The number of likely N-dealkylation sites (tertiary alicyclic amines) is 1. The second-order valence-electron chi connectivity index (χ2n) is 13.2. The first-order valence-corrected chi connectivity index (χ1v) is 18.0. The van der Waals surface area contributed by atoms with Crippen LogP contribution in [-0.4, -0.2) is 43.6 Å². The van der Waals surface area contributed by atoms with Crippen molar-refractivity contribution in [3.63, 3.8) is 0 Å². The molecular formula is C40H40F2N2O2S. The van der Waals surface area contributed by atoms with E-state index in [0.717, 1.165) is 89.7 Å². The summed E-state index contributed by atoms with van der Waals surface area (Å²) >= 11 is 0. The Balaban J connectivity index is 1.30. The van der Waals surface area contributed by atoms with E-state index in [0.29, 0.717) is 17.9 Å². The Morgan fingerprint density at radius 1 is 0.851 bits per heavy atom. The zero-order valence-corrected chi connectivity index (χ0v) is 27.8. The Morgan fingerprint density at radius 3 is 2.32 bits per heavy atom. The van der Waals surface area contributed by atoms with E-state index < -0.39 is 10.0 Å². The topological polar surface area (TPSA) is 42.3 Å². The van der Waals surface area contributed by atoms with Crippen LogP contribution in [0.1, 0.15) is 58.2 Å². The van der Waals surface area contributed by atoms with Gasteiger partial charge in [0.05, 0.1) is 17.1 Å². The van der Waals surface area contributed by atoms with E-state index in [1.54, 1.807) is 24.4 Å². The number of hydrogen-bond acceptors (Lipinski definition) is 3. The molecule has 7 heteroatoms. The van der Waals surface area contributed by atoms with Gasteiger partial charge >= 0.3 is 0 Å². The SMILES string of the molecule is Cc1ccc(S(=O)(=O)n2ccc3c4c(ccc32)C(c2ccc(CC3CN(CCCF)C3)cc2)=C(c2ccc(F)cc2C)CCC4)cc1. The average molecular weight is 651 g/mol. The molecule has 5 aromatic rings. The average Bonchev–Trinajstić information content (AvgIpc) is 3.39. The highest BCUT2D eigenvalue weighted by atomic mass is 32.2. The molecular weight excluding hydrogens is 611 g/mol. The number of benzene rings is 4. The molecule has 0 radical (unpaired) electrons. The number of rotatable bonds is 9. The molecule has 0 amide bonds. The minimum atomic E-state index is -3.77. The van der Waals surface area contributed by atoms with Gasteiger partial charge in [0.25, 0.3) is 10.0 Å². The van der Waals surface area contributed by atoms with Crippen molar-refractivity contribution in [2.45, 2.75) is 50.8 Å². The fourth-order valence-electron chi connectivity index (χ4n) is 7.50. The number of fused-ring (bicyclic) bond motifs is 3. The Hall–Kier alpha value is -4.07. The van der Waals surface area contributed by atoms with Crippen LogP contribution in [-0.2, 0) is 22.9 Å². The fourth-order valence-corrected chi connectivity index (χ4v) is 8.84. The van der Waals surface area contributed by atoms with E-state index in [1.807, 2.05) is 44.2 Å². The fraction of sp³-hybridized carbons (Fsp3) is 0.300. The summed E-state index contributed by atoms with van der Waals surface area (Å²) in [5.74, 6) is 0.341. The summed E-state index contributed by atoms with van der Waals surface area (Å²) in [6, 6.07) is 26.8. The summed E-state index contributed by atoms with van der Waals surface area (Å²) in [7, 11) is -3.77.